The van der Waals surface area contributed by atoms with Crippen LogP contribution in [-0.2, 0) is 9.53 Å². The average molecular weight is 417 g/mol. The van der Waals surface area contributed by atoms with Crippen LogP contribution < -0.4 is 5.32 Å². The number of nitrogens with zero attached hydrogens (tertiary/aromatic N) is 1. The number of halogens is 2. The van der Waals surface area contributed by atoms with Crippen molar-refractivity contribution in [3.05, 3.63) is 56.9 Å². The third-order valence-corrected chi connectivity index (χ3v) is 3.59. The van der Waals surface area contributed by atoms with E-state index in [4.69, 9.17) is 16.3 Å². The number of rotatable bonds is 4. The molecule has 2 aromatic rings. The molecule has 0 atom stereocenters. The molecule has 0 saturated heterocycles. The maximum absolute atomic E-state index is 11.7. The minimum Gasteiger partial charge on any atom is -0.452 e. The van der Waals surface area contributed by atoms with Crippen molar-refractivity contribution in [2.24, 2.45) is 0 Å². The molecule has 0 aliphatic heterocycles. The van der Waals surface area contributed by atoms with Gasteiger partial charge in [-0.1, -0.05) is 23.7 Å². The lowest BCUT2D eigenvalue weighted by Crippen LogP contribution is -2.21. The zero-order valence-electron chi connectivity index (χ0n) is 10.7. The van der Waals surface area contributed by atoms with Gasteiger partial charge in [0.25, 0.3) is 5.91 Å². The third kappa shape index (κ3) is 4.68. The fraction of sp³-hybridized carbons (Fsp3) is 0.0714. The summed E-state index contributed by atoms with van der Waals surface area (Å²) in [6.07, 6.45) is 1.39. The molecule has 0 aliphatic rings. The summed E-state index contributed by atoms with van der Waals surface area (Å²) in [7, 11) is 0. The lowest BCUT2D eigenvalue weighted by Gasteiger charge is -2.08. The van der Waals surface area contributed by atoms with Gasteiger partial charge in [-0.3, -0.25) is 4.79 Å². The lowest BCUT2D eigenvalue weighted by atomic mass is 10.3. The molecule has 1 amide bonds. The molecule has 0 fully saturated rings. The van der Waals surface area contributed by atoms with Gasteiger partial charge in [0, 0.05) is 9.77 Å². The van der Waals surface area contributed by atoms with E-state index < -0.39 is 11.9 Å². The van der Waals surface area contributed by atoms with Crippen LogP contribution in [0.15, 0.2) is 42.6 Å². The van der Waals surface area contributed by atoms with E-state index in [0.717, 1.165) is 3.57 Å². The van der Waals surface area contributed by atoms with Crippen LogP contribution in [0.4, 0.5) is 5.69 Å². The summed E-state index contributed by atoms with van der Waals surface area (Å²) in [6, 6.07) is 10.1. The minimum atomic E-state index is -0.628. The van der Waals surface area contributed by atoms with Crippen molar-refractivity contribution in [2.45, 2.75) is 0 Å². The van der Waals surface area contributed by atoms with E-state index in [2.05, 4.69) is 32.9 Å². The number of pyridine rings is 1. The third-order valence-electron chi connectivity index (χ3n) is 2.44. The maximum Gasteiger partial charge on any atom is 0.338 e. The van der Waals surface area contributed by atoms with Crippen LogP contribution in [0, 0.1) is 3.57 Å². The van der Waals surface area contributed by atoms with Crippen molar-refractivity contribution in [3.8, 4) is 0 Å². The van der Waals surface area contributed by atoms with E-state index in [0.29, 0.717) is 5.69 Å². The predicted octanol–water partition coefficient (Wildman–Crippen LogP) is 3.14. The maximum atomic E-state index is 11.7. The van der Waals surface area contributed by atoms with Crippen molar-refractivity contribution >= 4 is 51.8 Å². The molecule has 21 heavy (non-hydrogen) atoms. The van der Waals surface area contributed by atoms with Crippen LogP contribution in [0.25, 0.3) is 0 Å². The number of benzene rings is 1. The van der Waals surface area contributed by atoms with E-state index in [1.165, 1.54) is 18.3 Å². The Morgan fingerprint density at radius 1 is 1.29 bits per heavy atom. The first-order valence-corrected chi connectivity index (χ1v) is 7.35. The Labute approximate surface area is 139 Å². The van der Waals surface area contributed by atoms with Crippen LogP contribution in [-0.4, -0.2) is 23.5 Å². The van der Waals surface area contributed by atoms with E-state index >= 15 is 0 Å². The number of anilines is 1. The highest BCUT2D eigenvalue weighted by Crippen LogP contribution is 2.16. The van der Waals surface area contributed by atoms with Crippen molar-refractivity contribution in [3.63, 3.8) is 0 Å². The van der Waals surface area contributed by atoms with E-state index in [-0.39, 0.29) is 17.3 Å². The minimum absolute atomic E-state index is 0.188. The van der Waals surface area contributed by atoms with E-state index in [1.807, 2.05) is 18.2 Å². The molecule has 1 aromatic carbocycles. The molecule has 0 saturated carbocycles. The average Bonchev–Trinajstić information content (AvgIpc) is 2.47. The number of carbonyl (C=O) groups is 2. The normalized spacial score (nSPS) is 10.0. The smallest absolute Gasteiger partial charge is 0.338 e. The first kappa shape index (κ1) is 15.7. The van der Waals surface area contributed by atoms with Crippen molar-refractivity contribution < 1.29 is 14.3 Å². The van der Waals surface area contributed by atoms with Gasteiger partial charge in [-0.05, 0) is 46.9 Å². The number of carbonyl (C=O) groups excluding carboxylic acids is 2. The summed E-state index contributed by atoms with van der Waals surface area (Å²) in [5.41, 5.74) is 0.920. The topological polar surface area (TPSA) is 68.3 Å². The van der Waals surface area contributed by atoms with Gasteiger partial charge >= 0.3 is 5.97 Å². The first-order valence-electron chi connectivity index (χ1n) is 5.89. The Bertz CT molecular complexity index is 679. The number of ether oxygens (including phenoxy) is 1. The molecule has 5 nitrogen and oxygen atoms in total. The SMILES string of the molecule is O=C(COC(=O)c1ccnc(Cl)c1)Nc1ccccc1I. The molecule has 2 rings (SSSR count). The predicted molar refractivity (Wildman–Crippen MR) is 87.3 cm³/mol. The summed E-state index contributed by atoms with van der Waals surface area (Å²) < 4.78 is 5.82. The first-order chi connectivity index (χ1) is 10.1. The molecular formula is C14H10ClIN2O3. The Kier molecular flexibility index (Phi) is 5.51. The van der Waals surface area contributed by atoms with Crippen molar-refractivity contribution in [1.82, 2.24) is 4.98 Å². The van der Waals surface area contributed by atoms with Crippen molar-refractivity contribution in [2.75, 3.05) is 11.9 Å². The highest BCUT2D eigenvalue weighted by atomic mass is 127. The van der Waals surface area contributed by atoms with Crippen LogP contribution in [0.3, 0.4) is 0 Å². The quantitative estimate of drug-likeness (QED) is 0.472. The highest BCUT2D eigenvalue weighted by molar-refractivity contribution is 14.1. The second-order valence-electron chi connectivity index (χ2n) is 3.97. The van der Waals surface area contributed by atoms with Crippen LogP contribution in [0.1, 0.15) is 10.4 Å². The largest absolute Gasteiger partial charge is 0.452 e. The molecule has 0 radical (unpaired) electrons. The van der Waals surface area contributed by atoms with E-state index in [1.54, 1.807) is 6.07 Å². The molecule has 1 heterocycles. The molecule has 1 N–H and O–H groups in total. The number of nitrogens with one attached hydrogen (secondary N) is 1. The Hall–Kier alpha value is -1.67. The molecule has 0 aliphatic carbocycles. The van der Waals surface area contributed by atoms with Crippen LogP contribution >= 0.6 is 34.2 Å². The van der Waals surface area contributed by atoms with Crippen molar-refractivity contribution in [1.29, 1.82) is 0 Å². The Morgan fingerprint density at radius 3 is 2.76 bits per heavy atom. The van der Waals surface area contributed by atoms with Gasteiger partial charge in [-0.15, -0.1) is 0 Å². The van der Waals surface area contributed by atoms with Gasteiger partial charge in [0.05, 0.1) is 11.3 Å². The summed E-state index contributed by atoms with van der Waals surface area (Å²) in [5, 5.41) is 2.85. The van der Waals surface area contributed by atoms with E-state index in [9.17, 15) is 9.59 Å². The molecule has 0 bridgehead atoms. The number of amides is 1. The summed E-state index contributed by atoms with van der Waals surface area (Å²) in [6.45, 7) is -0.371. The summed E-state index contributed by atoms with van der Waals surface area (Å²) in [5.74, 6) is -1.04. The van der Waals surface area contributed by atoms with Gasteiger partial charge in [-0.2, -0.15) is 0 Å². The highest BCUT2D eigenvalue weighted by Gasteiger charge is 2.11. The fourth-order valence-electron chi connectivity index (χ4n) is 1.49. The second kappa shape index (κ2) is 7.37. The molecule has 0 unspecified atom stereocenters. The van der Waals surface area contributed by atoms with Gasteiger partial charge in [0.2, 0.25) is 0 Å². The summed E-state index contributed by atoms with van der Waals surface area (Å²) >= 11 is 7.78. The second-order valence-corrected chi connectivity index (χ2v) is 5.52. The van der Waals surface area contributed by atoms with Crippen LogP contribution in [0.5, 0.6) is 0 Å². The number of hydrogen-bond donors (Lipinski definition) is 1. The number of esters is 1. The number of aromatic nitrogens is 1. The van der Waals surface area contributed by atoms with Gasteiger partial charge in [0.15, 0.2) is 6.61 Å². The molecule has 0 spiro atoms. The zero-order valence-corrected chi connectivity index (χ0v) is 13.6. The molecule has 1 aromatic heterocycles. The standard InChI is InChI=1S/C14H10ClIN2O3/c15-12-7-9(5-6-17-12)14(20)21-8-13(19)18-11-4-2-1-3-10(11)16/h1-7H,8H2,(H,18,19). The zero-order chi connectivity index (χ0) is 15.2. The Balaban J connectivity index is 1.90. The molecule has 108 valence electrons. The fourth-order valence-corrected chi connectivity index (χ4v) is 2.19. The molecular weight excluding hydrogens is 407 g/mol. The Morgan fingerprint density at radius 2 is 2.05 bits per heavy atom. The number of hydrogen-bond acceptors (Lipinski definition) is 4. The monoisotopic (exact) mass is 416 g/mol. The van der Waals surface area contributed by atoms with Gasteiger partial charge < -0.3 is 10.1 Å². The summed E-state index contributed by atoms with van der Waals surface area (Å²) in [4.78, 5) is 27.2. The van der Waals surface area contributed by atoms with Gasteiger partial charge in [-0.25, -0.2) is 9.78 Å². The molecule has 7 heteroatoms. The number of para-hydroxylation sites is 1. The van der Waals surface area contributed by atoms with Crippen LogP contribution in [0.2, 0.25) is 5.15 Å². The van der Waals surface area contributed by atoms with Gasteiger partial charge in [0.1, 0.15) is 5.15 Å². The lowest BCUT2D eigenvalue weighted by molar-refractivity contribution is -0.119.